The van der Waals surface area contributed by atoms with Crippen molar-refractivity contribution in [2.75, 3.05) is 18.4 Å². The molecule has 0 bridgehead atoms. The number of carbonyl (C=O) groups excluding carboxylic acids is 1. The smallest absolute Gasteiger partial charge is 0.253 e. The Morgan fingerprint density at radius 2 is 1.80 bits per heavy atom. The van der Waals surface area contributed by atoms with Crippen LogP contribution in [-0.4, -0.2) is 40.5 Å². The zero-order chi connectivity index (χ0) is 17.4. The standard InChI is InChI=1S/C19H20N4O2/c20-17-15-3-1-2-4-16(15)21-19(22-17)9-11-23(12-10-19)18(25)13-5-7-14(24)8-6-13/h1-8,21,24H,9-12H2,(H2,20,22). The van der Waals surface area contributed by atoms with Crippen LogP contribution in [0.25, 0.3) is 0 Å². The minimum Gasteiger partial charge on any atom is -0.508 e. The van der Waals surface area contributed by atoms with Crippen molar-refractivity contribution in [1.82, 2.24) is 4.90 Å². The molecule has 0 radical (unpaired) electrons. The number of anilines is 1. The molecule has 6 nitrogen and oxygen atoms in total. The summed E-state index contributed by atoms with van der Waals surface area (Å²) >= 11 is 0. The zero-order valence-corrected chi connectivity index (χ0v) is 13.8. The summed E-state index contributed by atoms with van der Waals surface area (Å²) in [5.41, 5.74) is 8.22. The van der Waals surface area contributed by atoms with Crippen LogP contribution in [0.15, 0.2) is 53.5 Å². The van der Waals surface area contributed by atoms with E-state index in [9.17, 15) is 9.90 Å². The number of amides is 1. The van der Waals surface area contributed by atoms with Gasteiger partial charge in [0.15, 0.2) is 0 Å². The van der Waals surface area contributed by atoms with E-state index in [0.717, 1.165) is 11.3 Å². The van der Waals surface area contributed by atoms with Crippen LogP contribution in [-0.2, 0) is 0 Å². The van der Waals surface area contributed by atoms with E-state index in [1.165, 1.54) is 12.1 Å². The fraction of sp³-hybridized carbons (Fsp3) is 0.263. The van der Waals surface area contributed by atoms with Gasteiger partial charge >= 0.3 is 0 Å². The number of nitrogens with zero attached hydrogens (tertiary/aromatic N) is 2. The second-order valence-electron chi connectivity index (χ2n) is 6.54. The molecule has 2 heterocycles. The largest absolute Gasteiger partial charge is 0.508 e. The summed E-state index contributed by atoms with van der Waals surface area (Å²) in [5, 5.41) is 12.9. The van der Waals surface area contributed by atoms with Gasteiger partial charge in [-0.2, -0.15) is 0 Å². The summed E-state index contributed by atoms with van der Waals surface area (Å²) in [7, 11) is 0. The minimum atomic E-state index is -0.440. The first-order valence-corrected chi connectivity index (χ1v) is 8.38. The van der Waals surface area contributed by atoms with E-state index in [1.807, 2.05) is 29.2 Å². The average Bonchev–Trinajstić information content (AvgIpc) is 2.62. The van der Waals surface area contributed by atoms with E-state index in [4.69, 9.17) is 10.7 Å². The molecule has 2 aromatic rings. The van der Waals surface area contributed by atoms with Gasteiger partial charge in [-0.25, -0.2) is 4.99 Å². The third kappa shape index (κ3) is 2.80. The molecule has 1 fully saturated rings. The lowest BCUT2D eigenvalue weighted by Crippen LogP contribution is -2.52. The monoisotopic (exact) mass is 336 g/mol. The Hall–Kier alpha value is -3.02. The molecule has 1 saturated heterocycles. The number of phenolic OH excluding ortho intramolecular Hbond substituents is 1. The van der Waals surface area contributed by atoms with Crippen molar-refractivity contribution in [1.29, 1.82) is 0 Å². The normalized spacial score (nSPS) is 18.2. The summed E-state index contributed by atoms with van der Waals surface area (Å²) < 4.78 is 0. The Bertz CT molecular complexity index is 837. The number of aromatic hydroxyl groups is 1. The van der Waals surface area contributed by atoms with Crippen LogP contribution in [0, 0.1) is 0 Å². The quantitative estimate of drug-likeness (QED) is 0.744. The third-order valence-corrected chi connectivity index (χ3v) is 4.90. The van der Waals surface area contributed by atoms with Gasteiger partial charge in [0, 0.05) is 42.7 Å². The van der Waals surface area contributed by atoms with E-state index in [-0.39, 0.29) is 11.7 Å². The maximum atomic E-state index is 12.6. The van der Waals surface area contributed by atoms with E-state index < -0.39 is 5.66 Å². The summed E-state index contributed by atoms with van der Waals surface area (Å²) in [4.78, 5) is 19.1. The van der Waals surface area contributed by atoms with E-state index >= 15 is 0 Å². The van der Waals surface area contributed by atoms with Crippen molar-refractivity contribution in [3.8, 4) is 5.75 Å². The van der Waals surface area contributed by atoms with Crippen LogP contribution in [0.2, 0.25) is 0 Å². The van der Waals surface area contributed by atoms with Crippen molar-refractivity contribution in [2.45, 2.75) is 18.5 Å². The van der Waals surface area contributed by atoms with Crippen molar-refractivity contribution < 1.29 is 9.90 Å². The molecule has 0 saturated carbocycles. The molecule has 2 aliphatic rings. The van der Waals surface area contributed by atoms with Gasteiger partial charge in [-0.15, -0.1) is 0 Å². The summed E-state index contributed by atoms with van der Waals surface area (Å²) in [6, 6.07) is 14.2. The maximum absolute atomic E-state index is 12.6. The number of rotatable bonds is 1. The molecule has 0 aromatic heterocycles. The first-order chi connectivity index (χ1) is 12.1. The Morgan fingerprint density at radius 3 is 2.52 bits per heavy atom. The number of amidine groups is 1. The molecule has 2 aliphatic heterocycles. The van der Waals surface area contributed by atoms with Crippen molar-refractivity contribution in [3.05, 3.63) is 59.7 Å². The molecule has 1 spiro atoms. The predicted octanol–water partition coefficient (Wildman–Crippen LogP) is 2.16. The lowest BCUT2D eigenvalue weighted by molar-refractivity contribution is 0.0685. The highest BCUT2D eigenvalue weighted by atomic mass is 16.3. The number of nitrogens with two attached hydrogens (primary N) is 1. The Morgan fingerprint density at radius 1 is 1.12 bits per heavy atom. The molecule has 1 amide bonds. The number of carbonyl (C=O) groups is 1. The van der Waals surface area contributed by atoms with Crippen molar-refractivity contribution in [2.24, 2.45) is 10.7 Å². The van der Waals surface area contributed by atoms with Gasteiger partial charge in [0.25, 0.3) is 5.91 Å². The number of piperidine rings is 1. The second kappa shape index (κ2) is 5.81. The molecular formula is C19H20N4O2. The molecule has 0 atom stereocenters. The van der Waals surface area contributed by atoms with E-state index in [2.05, 4.69) is 5.32 Å². The Balaban J connectivity index is 1.49. The number of benzene rings is 2. The van der Waals surface area contributed by atoms with E-state index in [0.29, 0.717) is 37.3 Å². The van der Waals surface area contributed by atoms with Crippen LogP contribution >= 0.6 is 0 Å². The van der Waals surface area contributed by atoms with Crippen LogP contribution in [0.3, 0.4) is 0 Å². The minimum absolute atomic E-state index is 0.0250. The summed E-state index contributed by atoms with van der Waals surface area (Å²) in [6.07, 6.45) is 1.40. The fourth-order valence-electron chi connectivity index (χ4n) is 3.49. The number of hydrogen-bond donors (Lipinski definition) is 3. The van der Waals surface area contributed by atoms with Gasteiger partial charge in [0.1, 0.15) is 17.2 Å². The zero-order valence-electron chi connectivity index (χ0n) is 13.8. The number of nitrogens with one attached hydrogen (secondary N) is 1. The Labute approximate surface area is 146 Å². The SMILES string of the molecule is NC1=NC2(CCN(C(=O)c3ccc(O)cc3)CC2)Nc2ccccc21. The van der Waals surface area contributed by atoms with E-state index in [1.54, 1.807) is 12.1 Å². The van der Waals surface area contributed by atoms with Gasteiger partial charge in [0.05, 0.1) is 0 Å². The molecule has 2 aromatic carbocycles. The molecule has 128 valence electrons. The highest BCUT2D eigenvalue weighted by Crippen LogP contribution is 2.34. The van der Waals surface area contributed by atoms with Gasteiger partial charge in [-0.3, -0.25) is 4.79 Å². The van der Waals surface area contributed by atoms with Crippen LogP contribution in [0.4, 0.5) is 5.69 Å². The molecule has 4 N–H and O–H groups in total. The first-order valence-electron chi connectivity index (χ1n) is 8.38. The predicted molar refractivity (Wildman–Crippen MR) is 96.8 cm³/mol. The lowest BCUT2D eigenvalue weighted by atomic mass is 9.93. The van der Waals surface area contributed by atoms with Crippen LogP contribution in [0.1, 0.15) is 28.8 Å². The number of fused-ring (bicyclic) bond motifs is 1. The highest BCUT2D eigenvalue weighted by Gasteiger charge is 2.38. The number of para-hydroxylation sites is 1. The Kier molecular flexibility index (Phi) is 3.60. The number of phenols is 1. The van der Waals surface area contributed by atoms with Crippen molar-refractivity contribution >= 4 is 17.4 Å². The van der Waals surface area contributed by atoms with Gasteiger partial charge < -0.3 is 21.1 Å². The van der Waals surface area contributed by atoms with Gasteiger partial charge in [-0.05, 0) is 36.4 Å². The highest BCUT2D eigenvalue weighted by molar-refractivity contribution is 6.04. The van der Waals surface area contributed by atoms with Crippen molar-refractivity contribution in [3.63, 3.8) is 0 Å². The lowest BCUT2D eigenvalue weighted by Gasteiger charge is -2.42. The topological polar surface area (TPSA) is 91.0 Å². The van der Waals surface area contributed by atoms with Crippen LogP contribution in [0.5, 0.6) is 5.75 Å². The average molecular weight is 336 g/mol. The number of aliphatic imine (C=N–C) groups is 1. The van der Waals surface area contributed by atoms with Gasteiger partial charge in [-0.1, -0.05) is 12.1 Å². The van der Waals surface area contributed by atoms with Gasteiger partial charge in [0.2, 0.25) is 0 Å². The number of likely N-dealkylation sites (tertiary alicyclic amines) is 1. The fourth-order valence-corrected chi connectivity index (χ4v) is 3.49. The summed E-state index contributed by atoms with van der Waals surface area (Å²) in [6.45, 7) is 1.21. The summed E-state index contributed by atoms with van der Waals surface area (Å²) in [5.74, 6) is 0.680. The number of hydrogen-bond acceptors (Lipinski definition) is 5. The molecule has 0 unspecified atom stereocenters. The molecule has 25 heavy (non-hydrogen) atoms. The second-order valence-corrected chi connectivity index (χ2v) is 6.54. The third-order valence-electron chi connectivity index (χ3n) is 4.90. The molecule has 6 heteroatoms. The molecule has 0 aliphatic carbocycles. The first kappa shape index (κ1) is 15.5. The maximum Gasteiger partial charge on any atom is 0.253 e. The van der Waals surface area contributed by atoms with Crippen LogP contribution < -0.4 is 11.1 Å². The molecular weight excluding hydrogens is 316 g/mol. The molecule has 4 rings (SSSR count).